The second kappa shape index (κ2) is 15.4. The number of fused-ring (bicyclic) bond motifs is 5. The van der Waals surface area contributed by atoms with Crippen LogP contribution in [-0.4, -0.2) is 28.2 Å². The topological polar surface area (TPSA) is 28.2 Å². The van der Waals surface area contributed by atoms with Gasteiger partial charge in [0.15, 0.2) is 0 Å². The first-order chi connectivity index (χ1) is 18.6. The number of hydrogen-bond acceptors (Lipinski definition) is 1. The SMILES string of the molecule is Brc1cccc2cc(-c3ccccc3)[cH-]c12.C[N-]C.C[N-]C.[Zr+4].c1cc2cc(c1)c1cc3c(cccc3s2)[cH-]1. The third-order valence-electron chi connectivity index (χ3n) is 5.91. The molecule has 0 fully saturated rings. The minimum Gasteiger partial charge on any atom is -0.668 e. The Bertz CT molecular complexity index is 1730. The van der Waals surface area contributed by atoms with Crippen LogP contribution in [0.3, 0.4) is 0 Å². The van der Waals surface area contributed by atoms with Crippen LogP contribution in [0.15, 0.2) is 120 Å². The van der Waals surface area contributed by atoms with Crippen molar-refractivity contribution in [2.45, 2.75) is 0 Å². The molecule has 5 heteroatoms. The summed E-state index contributed by atoms with van der Waals surface area (Å²) < 4.78 is 3.85. The summed E-state index contributed by atoms with van der Waals surface area (Å²) in [5.74, 6) is 0. The van der Waals surface area contributed by atoms with E-state index in [0.717, 1.165) is 4.47 Å². The summed E-state index contributed by atoms with van der Waals surface area (Å²) in [6.07, 6.45) is 0. The van der Waals surface area contributed by atoms with Crippen LogP contribution in [0.25, 0.3) is 63.5 Å². The Hall–Kier alpha value is -2.40. The molecule has 0 saturated carbocycles. The molecular weight excluding hydrogens is 640 g/mol. The average Bonchev–Trinajstić information content (AvgIpc) is 3.57. The molecule has 0 atom stereocenters. The quantitative estimate of drug-likeness (QED) is 0.156. The summed E-state index contributed by atoms with van der Waals surface area (Å²) in [4.78, 5) is 0. The molecule has 7 rings (SSSR count). The number of benzene rings is 4. The predicted molar refractivity (Wildman–Crippen MR) is 176 cm³/mol. The maximum absolute atomic E-state index is 3.58. The molecule has 1 aromatic heterocycles. The van der Waals surface area contributed by atoms with Crippen molar-refractivity contribution in [2.75, 3.05) is 28.2 Å². The monoisotopic (exact) mass is 668 g/mol. The van der Waals surface area contributed by atoms with Crippen molar-refractivity contribution < 1.29 is 26.2 Å². The Kier molecular flexibility index (Phi) is 12.3. The third kappa shape index (κ3) is 7.84. The van der Waals surface area contributed by atoms with Crippen LogP contribution < -0.4 is 0 Å². The van der Waals surface area contributed by atoms with Gasteiger partial charge in [0.25, 0.3) is 0 Å². The van der Waals surface area contributed by atoms with Crippen molar-refractivity contribution in [2.24, 2.45) is 0 Å². The molecule has 0 saturated heterocycles. The fraction of sp³-hybridized carbons (Fsp3) is 0.118. The molecule has 194 valence electrons. The van der Waals surface area contributed by atoms with E-state index in [9.17, 15) is 0 Å². The molecule has 0 unspecified atom stereocenters. The molecule has 4 bridgehead atoms. The molecule has 7 aromatic rings. The van der Waals surface area contributed by atoms with Crippen molar-refractivity contribution in [3.05, 3.63) is 130 Å². The van der Waals surface area contributed by atoms with Crippen LogP contribution in [0.2, 0.25) is 0 Å². The minimum absolute atomic E-state index is 0. The molecule has 0 aliphatic carbocycles. The third-order valence-corrected chi connectivity index (χ3v) is 7.67. The van der Waals surface area contributed by atoms with Gasteiger partial charge in [0, 0.05) is 4.70 Å². The molecule has 6 aromatic carbocycles. The molecule has 0 aliphatic rings. The maximum Gasteiger partial charge on any atom is 4.00 e. The van der Waals surface area contributed by atoms with Gasteiger partial charge in [-0.3, -0.25) is 0 Å². The van der Waals surface area contributed by atoms with E-state index in [1.54, 1.807) is 28.2 Å². The summed E-state index contributed by atoms with van der Waals surface area (Å²) in [6, 6.07) is 41.1. The van der Waals surface area contributed by atoms with Gasteiger partial charge in [-0.1, -0.05) is 95.2 Å². The second-order valence-corrected chi connectivity index (χ2v) is 10.8. The van der Waals surface area contributed by atoms with Gasteiger partial charge in [-0.2, -0.15) is 28.2 Å². The minimum atomic E-state index is 0. The van der Waals surface area contributed by atoms with E-state index < -0.39 is 0 Å². The summed E-state index contributed by atoms with van der Waals surface area (Å²) >= 11 is 5.44. The first kappa shape index (κ1) is 31.1. The largest absolute Gasteiger partial charge is 4.00 e. The average molecular weight is 671 g/mol. The molecule has 0 spiro atoms. The van der Waals surface area contributed by atoms with Gasteiger partial charge in [0.05, 0.1) is 0 Å². The zero-order valence-electron chi connectivity index (χ0n) is 22.7. The smallest absolute Gasteiger partial charge is 0.668 e. The van der Waals surface area contributed by atoms with E-state index in [4.69, 9.17) is 0 Å². The number of halogens is 1. The van der Waals surface area contributed by atoms with Gasteiger partial charge < -0.3 is 10.6 Å². The van der Waals surface area contributed by atoms with E-state index in [1.165, 1.54) is 52.8 Å². The molecule has 0 radical (unpaired) electrons. The van der Waals surface area contributed by atoms with E-state index >= 15 is 0 Å². The van der Waals surface area contributed by atoms with Gasteiger partial charge in [-0.15, -0.1) is 84.7 Å². The van der Waals surface area contributed by atoms with Gasteiger partial charge in [-0.25, -0.2) is 0 Å². The first-order valence-corrected chi connectivity index (χ1v) is 14.0. The Morgan fingerprint density at radius 3 is 2.03 bits per heavy atom. The maximum atomic E-state index is 3.58. The number of hydrogen-bond donors (Lipinski definition) is 0. The van der Waals surface area contributed by atoms with Crippen molar-refractivity contribution in [1.82, 2.24) is 0 Å². The van der Waals surface area contributed by atoms with Crippen molar-refractivity contribution >= 4 is 69.0 Å². The first-order valence-electron chi connectivity index (χ1n) is 12.4. The Morgan fingerprint density at radius 2 is 1.31 bits per heavy atom. The van der Waals surface area contributed by atoms with Crippen LogP contribution in [0.5, 0.6) is 0 Å². The van der Waals surface area contributed by atoms with E-state index in [2.05, 4.69) is 136 Å². The Morgan fingerprint density at radius 1 is 0.641 bits per heavy atom. The van der Waals surface area contributed by atoms with Gasteiger partial charge in [0.2, 0.25) is 0 Å². The molecular formula is C34H31BrN2SZr. The van der Waals surface area contributed by atoms with Crippen molar-refractivity contribution in [3.8, 4) is 11.1 Å². The van der Waals surface area contributed by atoms with Crippen LogP contribution in [0, 0.1) is 0 Å². The summed E-state index contributed by atoms with van der Waals surface area (Å²) in [6.45, 7) is 0. The van der Waals surface area contributed by atoms with Crippen molar-refractivity contribution in [1.29, 1.82) is 0 Å². The zero-order valence-corrected chi connectivity index (χ0v) is 27.5. The van der Waals surface area contributed by atoms with Crippen LogP contribution >= 0.6 is 27.3 Å². The molecule has 0 amide bonds. The molecule has 0 N–H and O–H groups in total. The predicted octanol–water partition coefficient (Wildman–Crippen LogP) is 11.2. The van der Waals surface area contributed by atoms with Crippen LogP contribution in [0.1, 0.15) is 0 Å². The summed E-state index contributed by atoms with van der Waals surface area (Å²) in [7, 11) is 7.00. The molecule has 1 heterocycles. The standard InChI is InChI=1S/C15H10Br.C15H9S.2C2H6N.Zr/c16-15-8-4-7-12-9-13(10-14(12)15)11-5-2-1-3-6-11;1-3-10-8-13(5-1)16-15-6-2-4-11-7-12(10)9-14(11)15;2*1-3-2;/h1-10H;1-9H;2*1-2H3;/q4*-1;+4. The molecule has 39 heavy (non-hydrogen) atoms. The van der Waals surface area contributed by atoms with Gasteiger partial charge in [-0.05, 0) is 15.2 Å². The number of rotatable bonds is 1. The summed E-state index contributed by atoms with van der Waals surface area (Å²) in [5, 5.41) is 15.0. The van der Waals surface area contributed by atoms with Crippen molar-refractivity contribution in [3.63, 3.8) is 0 Å². The number of nitrogens with zero attached hydrogens (tertiary/aromatic N) is 2. The molecule has 2 nitrogen and oxygen atoms in total. The fourth-order valence-corrected chi connectivity index (χ4v) is 5.84. The normalized spacial score (nSPS) is 10.2. The second-order valence-electron chi connectivity index (χ2n) is 8.88. The van der Waals surface area contributed by atoms with E-state index in [1.807, 2.05) is 17.4 Å². The van der Waals surface area contributed by atoms with E-state index in [0.29, 0.717) is 0 Å². The Labute approximate surface area is 263 Å². The van der Waals surface area contributed by atoms with Crippen LogP contribution in [0.4, 0.5) is 0 Å². The van der Waals surface area contributed by atoms with Gasteiger partial charge in [0.1, 0.15) is 0 Å². The zero-order chi connectivity index (χ0) is 26.9. The molecule has 0 aliphatic heterocycles. The van der Waals surface area contributed by atoms with Crippen LogP contribution in [-0.2, 0) is 26.2 Å². The van der Waals surface area contributed by atoms with E-state index in [-0.39, 0.29) is 26.2 Å². The fourth-order valence-electron chi connectivity index (χ4n) is 4.32. The summed E-state index contributed by atoms with van der Waals surface area (Å²) in [5.41, 5.74) is 2.55. The van der Waals surface area contributed by atoms with Gasteiger partial charge >= 0.3 is 26.2 Å². The Balaban J connectivity index is 0.000000176.